The van der Waals surface area contributed by atoms with Crippen LogP contribution in [-0.2, 0) is 19.5 Å². The van der Waals surface area contributed by atoms with Gasteiger partial charge in [0.05, 0.1) is 0 Å². The molecule has 1 fully saturated rings. The lowest BCUT2D eigenvalue weighted by Crippen LogP contribution is -2.50. The highest BCUT2D eigenvalue weighted by Gasteiger charge is 2.28. The normalized spacial score (nSPS) is 18.0. The predicted octanol–water partition coefficient (Wildman–Crippen LogP) is 3.70. The highest BCUT2D eigenvalue weighted by atomic mass is 19.2. The van der Waals surface area contributed by atoms with Gasteiger partial charge in [0.25, 0.3) is 0 Å². The molecule has 0 bridgehead atoms. The Hall–Kier alpha value is -2.47. The van der Waals surface area contributed by atoms with E-state index in [0.29, 0.717) is 19.1 Å². The van der Waals surface area contributed by atoms with E-state index in [0.717, 1.165) is 38.4 Å². The Kier molecular flexibility index (Phi) is 5.57. The average Bonchev–Trinajstić information content (AvgIpc) is 2.74. The first kappa shape index (κ1) is 18.9. The van der Waals surface area contributed by atoms with Gasteiger partial charge in [0.15, 0.2) is 11.6 Å². The predicted molar refractivity (Wildman–Crippen MR) is 104 cm³/mol. The number of rotatable bonds is 3. The van der Waals surface area contributed by atoms with Crippen molar-refractivity contribution in [3.05, 3.63) is 70.8 Å². The van der Waals surface area contributed by atoms with Crippen LogP contribution in [0.5, 0.6) is 0 Å². The molecule has 0 unspecified atom stereocenters. The second-order valence-electron chi connectivity index (χ2n) is 7.58. The van der Waals surface area contributed by atoms with E-state index in [9.17, 15) is 13.6 Å². The van der Waals surface area contributed by atoms with E-state index in [1.165, 1.54) is 23.3 Å². The first-order valence-corrected chi connectivity index (χ1v) is 9.88. The van der Waals surface area contributed by atoms with Crippen LogP contribution in [-0.4, -0.2) is 41.5 Å². The van der Waals surface area contributed by atoms with Crippen molar-refractivity contribution in [3.63, 3.8) is 0 Å². The minimum Gasteiger partial charge on any atom is -0.334 e. The summed E-state index contributed by atoms with van der Waals surface area (Å²) in [5.74, 6) is -1.79. The van der Waals surface area contributed by atoms with E-state index in [2.05, 4.69) is 34.5 Å². The summed E-state index contributed by atoms with van der Waals surface area (Å²) in [7, 11) is 0. The van der Waals surface area contributed by atoms with Crippen LogP contribution in [0.3, 0.4) is 0 Å². The van der Waals surface area contributed by atoms with Gasteiger partial charge in [-0.2, -0.15) is 0 Å². The standard InChI is InChI=1S/C22H25F2N3O/c23-20-7-3-6-17(21(20)24)14-25-22(28)26-12-9-19(10-13-26)27-11-8-16-4-1-2-5-18(16)15-27/h1-7,19H,8-15H2,(H,25,28). The molecule has 2 aliphatic rings. The summed E-state index contributed by atoms with van der Waals surface area (Å²) >= 11 is 0. The maximum atomic E-state index is 13.7. The SMILES string of the molecule is O=C(NCc1cccc(F)c1F)N1CCC(N2CCc3ccccc3C2)CC1. The Morgan fingerprint density at radius 2 is 1.75 bits per heavy atom. The molecule has 0 aliphatic carbocycles. The highest BCUT2D eigenvalue weighted by molar-refractivity contribution is 5.74. The highest BCUT2D eigenvalue weighted by Crippen LogP contribution is 2.25. The molecule has 2 heterocycles. The monoisotopic (exact) mass is 385 g/mol. The van der Waals surface area contributed by atoms with Crippen molar-refractivity contribution in [2.45, 2.75) is 38.4 Å². The molecule has 0 radical (unpaired) electrons. The van der Waals surface area contributed by atoms with E-state index >= 15 is 0 Å². The second-order valence-corrected chi connectivity index (χ2v) is 7.58. The first-order valence-electron chi connectivity index (χ1n) is 9.88. The molecule has 2 amide bonds. The molecule has 0 atom stereocenters. The Labute approximate surface area is 164 Å². The maximum absolute atomic E-state index is 13.7. The molecule has 0 aromatic heterocycles. The summed E-state index contributed by atoms with van der Waals surface area (Å²) in [6.45, 7) is 3.39. The van der Waals surface area contributed by atoms with Crippen LogP contribution in [0.15, 0.2) is 42.5 Å². The number of amides is 2. The fourth-order valence-electron chi connectivity index (χ4n) is 4.23. The van der Waals surface area contributed by atoms with Gasteiger partial charge in [0.2, 0.25) is 0 Å². The van der Waals surface area contributed by atoms with Crippen LogP contribution in [0.1, 0.15) is 29.5 Å². The number of nitrogens with one attached hydrogen (secondary N) is 1. The molecule has 0 spiro atoms. The van der Waals surface area contributed by atoms with Crippen LogP contribution < -0.4 is 5.32 Å². The number of carbonyl (C=O) groups is 1. The van der Waals surface area contributed by atoms with Crippen LogP contribution in [0.4, 0.5) is 13.6 Å². The Bertz CT molecular complexity index is 849. The summed E-state index contributed by atoms with van der Waals surface area (Å²) in [6.07, 6.45) is 2.95. The van der Waals surface area contributed by atoms with Crippen molar-refractivity contribution in [2.75, 3.05) is 19.6 Å². The lowest BCUT2D eigenvalue weighted by atomic mass is 9.95. The largest absolute Gasteiger partial charge is 0.334 e. The van der Waals surface area contributed by atoms with E-state index in [4.69, 9.17) is 0 Å². The Morgan fingerprint density at radius 3 is 2.54 bits per heavy atom. The molecule has 2 aliphatic heterocycles. The van der Waals surface area contributed by atoms with E-state index in [1.54, 1.807) is 4.90 Å². The van der Waals surface area contributed by atoms with Gasteiger partial charge in [-0.25, -0.2) is 13.6 Å². The first-order chi connectivity index (χ1) is 13.6. The third-order valence-corrected chi connectivity index (χ3v) is 5.89. The zero-order valence-electron chi connectivity index (χ0n) is 15.8. The number of nitrogens with zero attached hydrogens (tertiary/aromatic N) is 2. The third kappa shape index (κ3) is 4.02. The molecular weight excluding hydrogens is 360 g/mol. The van der Waals surface area contributed by atoms with Gasteiger partial charge in [0.1, 0.15) is 0 Å². The van der Waals surface area contributed by atoms with Gasteiger partial charge in [-0.1, -0.05) is 36.4 Å². The van der Waals surface area contributed by atoms with Crippen molar-refractivity contribution < 1.29 is 13.6 Å². The molecule has 4 nitrogen and oxygen atoms in total. The molecule has 6 heteroatoms. The van der Waals surface area contributed by atoms with Crippen LogP contribution in [0, 0.1) is 11.6 Å². The van der Waals surface area contributed by atoms with Crippen molar-refractivity contribution >= 4 is 6.03 Å². The van der Waals surface area contributed by atoms with Gasteiger partial charge in [-0.15, -0.1) is 0 Å². The Balaban J connectivity index is 1.27. The number of likely N-dealkylation sites (tertiary alicyclic amines) is 1. The quantitative estimate of drug-likeness (QED) is 0.875. The minimum atomic E-state index is -0.896. The van der Waals surface area contributed by atoms with Gasteiger partial charge in [-0.3, -0.25) is 4.90 Å². The fourth-order valence-corrected chi connectivity index (χ4v) is 4.23. The smallest absolute Gasteiger partial charge is 0.317 e. The molecule has 28 heavy (non-hydrogen) atoms. The molecule has 1 N–H and O–H groups in total. The second kappa shape index (κ2) is 8.27. The summed E-state index contributed by atoms with van der Waals surface area (Å²) in [5, 5.41) is 2.71. The summed E-state index contributed by atoms with van der Waals surface area (Å²) in [6, 6.07) is 12.9. The zero-order valence-corrected chi connectivity index (χ0v) is 15.8. The average molecular weight is 385 g/mol. The number of urea groups is 1. The van der Waals surface area contributed by atoms with E-state index in [-0.39, 0.29) is 18.1 Å². The molecule has 2 aromatic rings. The lowest BCUT2D eigenvalue weighted by Gasteiger charge is -2.40. The van der Waals surface area contributed by atoms with Gasteiger partial charge in [-0.05, 0) is 36.5 Å². The van der Waals surface area contributed by atoms with Gasteiger partial charge < -0.3 is 10.2 Å². The molecule has 148 valence electrons. The molecule has 4 rings (SSSR count). The zero-order chi connectivity index (χ0) is 19.5. The van der Waals surface area contributed by atoms with Gasteiger partial charge in [0, 0.05) is 44.3 Å². The van der Waals surface area contributed by atoms with Crippen LogP contribution >= 0.6 is 0 Å². The number of benzene rings is 2. The van der Waals surface area contributed by atoms with Crippen molar-refractivity contribution in [3.8, 4) is 0 Å². The van der Waals surface area contributed by atoms with E-state index < -0.39 is 11.6 Å². The lowest BCUT2D eigenvalue weighted by molar-refractivity contribution is 0.107. The molecule has 0 saturated carbocycles. The number of piperidine rings is 1. The Morgan fingerprint density at radius 1 is 1.00 bits per heavy atom. The topological polar surface area (TPSA) is 35.6 Å². The van der Waals surface area contributed by atoms with Crippen LogP contribution in [0.25, 0.3) is 0 Å². The summed E-state index contributed by atoms with van der Waals surface area (Å²) in [5.41, 5.74) is 3.02. The molecule has 1 saturated heterocycles. The number of carbonyl (C=O) groups excluding carboxylic acids is 1. The summed E-state index contributed by atoms with van der Waals surface area (Å²) < 4.78 is 27.0. The number of halogens is 2. The van der Waals surface area contributed by atoms with Crippen molar-refractivity contribution in [1.82, 2.24) is 15.1 Å². The number of fused-ring (bicyclic) bond motifs is 1. The van der Waals surface area contributed by atoms with E-state index in [1.807, 2.05) is 0 Å². The maximum Gasteiger partial charge on any atom is 0.317 e. The number of hydrogen-bond acceptors (Lipinski definition) is 2. The summed E-state index contributed by atoms with van der Waals surface area (Å²) in [4.78, 5) is 16.7. The number of hydrogen-bond donors (Lipinski definition) is 1. The van der Waals surface area contributed by atoms with Gasteiger partial charge >= 0.3 is 6.03 Å². The molecular formula is C22H25F2N3O. The molecule has 2 aromatic carbocycles. The van der Waals surface area contributed by atoms with Crippen LogP contribution in [0.2, 0.25) is 0 Å². The minimum absolute atomic E-state index is 0.00867. The fraction of sp³-hybridized carbons (Fsp3) is 0.409. The third-order valence-electron chi connectivity index (χ3n) is 5.89. The van der Waals surface area contributed by atoms with Crippen molar-refractivity contribution in [1.29, 1.82) is 0 Å². The van der Waals surface area contributed by atoms with Crippen molar-refractivity contribution in [2.24, 2.45) is 0 Å².